The van der Waals surface area contributed by atoms with Gasteiger partial charge in [0, 0.05) is 17.8 Å². The molecule has 1 unspecified atom stereocenters. The van der Waals surface area contributed by atoms with Crippen LogP contribution in [0.4, 0.5) is 11.4 Å². The van der Waals surface area contributed by atoms with E-state index in [2.05, 4.69) is 17.4 Å². The van der Waals surface area contributed by atoms with Gasteiger partial charge in [-0.15, -0.1) is 0 Å². The molecule has 1 atom stereocenters. The van der Waals surface area contributed by atoms with Gasteiger partial charge in [0.25, 0.3) is 0 Å². The zero-order valence-electron chi connectivity index (χ0n) is 9.44. The van der Waals surface area contributed by atoms with Gasteiger partial charge < -0.3 is 11.1 Å². The van der Waals surface area contributed by atoms with Gasteiger partial charge in [0.05, 0.1) is 0 Å². The zero-order chi connectivity index (χ0) is 12.1. The van der Waals surface area contributed by atoms with E-state index in [4.69, 9.17) is 17.3 Å². The van der Waals surface area contributed by atoms with E-state index < -0.39 is 0 Å². The molecule has 0 bridgehead atoms. The molecule has 0 aliphatic heterocycles. The van der Waals surface area contributed by atoms with Crippen LogP contribution in [0.25, 0.3) is 0 Å². The van der Waals surface area contributed by atoms with E-state index in [1.807, 2.05) is 42.5 Å². The summed E-state index contributed by atoms with van der Waals surface area (Å²) >= 11 is 6.25. The lowest BCUT2D eigenvalue weighted by molar-refractivity contribution is 0.945. The molecule has 0 aliphatic rings. The molecule has 0 aliphatic carbocycles. The third-order valence-electron chi connectivity index (χ3n) is 2.49. The Morgan fingerprint density at radius 1 is 1.00 bits per heavy atom. The highest BCUT2D eigenvalue weighted by Crippen LogP contribution is 2.15. The summed E-state index contributed by atoms with van der Waals surface area (Å²) in [6.07, 6.45) is 0.784. The maximum atomic E-state index is 6.25. The molecule has 17 heavy (non-hydrogen) atoms. The van der Waals surface area contributed by atoms with Gasteiger partial charge in [-0.1, -0.05) is 41.9 Å². The quantitative estimate of drug-likeness (QED) is 0.492. The molecule has 3 N–H and O–H groups in total. The minimum Gasteiger partial charge on any atom is -0.399 e. The predicted octanol–water partition coefficient (Wildman–Crippen LogP) is 3.49. The summed E-state index contributed by atoms with van der Waals surface area (Å²) in [5.41, 5.74) is 8.45. The lowest BCUT2D eigenvalue weighted by Gasteiger charge is -2.13. The largest absolute Gasteiger partial charge is 0.399 e. The van der Waals surface area contributed by atoms with Crippen LogP contribution in [0.2, 0.25) is 0 Å². The van der Waals surface area contributed by atoms with Crippen LogP contribution in [0.3, 0.4) is 0 Å². The highest BCUT2D eigenvalue weighted by molar-refractivity contribution is 6.21. The van der Waals surface area contributed by atoms with Gasteiger partial charge in [-0.25, -0.2) is 0 Å². The number of rotatable bonds is 4. The highest BCUT2D eigenvalue weighted by atomic mass is 35.5. The van der Waals surface area contributed by atoms with Crippen LogP contribution < -0.4 is 11.1 Å². The second-order valence-electron chi connectivity index (χ2n) is 3.92. The molecule has 2 nitrogen and oxygen atoms in total. The first-order valence-electron chi connectivity index (χ1n) is 5.54. The van der Waals surface area contributed by atoms with Gasteiger partial charge in [-0.3, -0.25) is 0 Å². The van der Waals surface area contributed by atoms with Crippen molar-refractivity contribution in [2.75, 3.05) is 11.1 Å². The Morgan fingerprint density at radius 2 is 1.65 bits per heavy atom. The normalized spacial score (nSPS) is 12.1. The first-order chi connectivity index (χ1) is 8.24. The summed E-state index contributed by atoms with van der Waals surface area (Å²) in [6, 6.07) is 17.7. The van der Waals surface area contributed by atoms with Crippen molar-refractivity contribution in [1.29, 1.82) is 0 Å². The van der Waals surface area contributed by atoms with Gasteiger partial charge in [0.1, 0.15) is 5.50 Å². The number of nitrogens with two attached hydrogens (primary N) is 1. The molecule has 88 valence electrons. The standard InChI is InChI=1S/C14H15ClN2/c15-14(10-11-4-2-1-3-5-11)17-13-8-6-12(16)7-9-13/h1-9,14,17H,10,16H2. The summed E-state index contributed by atoms with van der Waals surface area (Å²) in [4.78, 5) is 0. The van der Waals surface area contributed by atoms with Crippen LogP contribution in [-0.2, 0) is 6.42 Å². The third-order valence-corrected chi connectivity index (χ3v) is 2.76. The second-order valence-corrected chi connectivity index (χ2v) is 4.45. The van der Waals surface area contributed by atoms with Crippen molar-refractivity contribution in [3.8, 4) is 0 Å². The van der Waals surface area contributed by atoms with Crippen molar-refractivity contribution in [1.82, 2.24) is 0 Å². The van der Waals surface area contributed by atoms with Crippen LogP contribution in [0.5, 0.6) is 0 Å². The van der Waals surface area contributed by atoms with Gasteiger partial charge in [0.2, 0.25) is 0 Å². The number of benzene rings is 2. The average molecular weight is 247 g/mol. The predicted molar refractivity (Wildman–Crippen MR) is 74.3 cm³/mol. The molecule has 3 heteroatoms. The lowest BCUT2D eigenvalue weighted by atomic mass is 10.1. The van der Waals surface area contributed by atoms with E-state index in [0.29, 0.717) is 0 Å². The van der Waals surface area contributed by atoms with Gasteiger partial charge in [-0.05, 0) is 29.8 Å². The number of nitrogens with one attached hydrogen (secondary N) is 1. The van der Waals surface area contributed by atoms with Crippen molar-refractivity contribution in [3.63, 3.8) is 0 Å². The van der Waals surface area contributed by atoms with E-state index >= 15 is 0 Å². The van der Waals surface area contributed by atoms with Crippen molar-refractivity contribution in [2.24, 2.45) is 0 Å². The van der Waals surface area contributed by atoms with E-state index in [1.54, 1.807) is 0 Å². The Labute approximate surface area is 106 Å². The molecule has 0 amide bonds. The van der Waals surface area contributed by atoms with E-state index in [0.717, 1.165) is 17.8 Å². The maximum absolute atomic E-state index is 6.25. The minimum atomic E-state index is -0.124. The summed E-state index contributed by atoms with van der Waals surface area (Å²) in [7, 11) is 0. The van der Waals surface area contributed by atoms with Crippen molar-refractivity contribution < 1.29 is 0 Å². The Bertz CT molecular complexity index is 453. The van der Waals surface area contributed by atoms with Crippen molar-refractivity contribution in [3.05, 3.63) is 60.2 Å². The van der Waals surface area contributed by atoms with Gasteiger partial charge in [-0.2, -0.15) is 0 Å². The zero-order valence-corrected chi connectivity index (χ0v) is 10.2. The fraction of sp³-hybridized carbons (Fsp3) is 0.143. The molecule has 2 aromatic carbocycles. The molecule has 0 saturated heterocycles. The molecule has 0 heterocycles. The first kappa shape index (κ1) is 11.8. The topological polar surface area (TPSA) is 38.0 Å². The Balaban J connectivity index is 1.93. The molecular weight excluding hydrogens is 232 g/mol. The van der Waals surface area contributed by atoms with E-state index in [9.17, 15) is 0 Å². The van der Waals surface area contributed by atoms with Crippen LogP contribution in [0.15, 0.2) is 54.6 Å². The number of alkyl halides is 1. The number of nitrogen functional groups attached to an aromatic ring is 1. The molecule has 0 aromatic heterocycles. The fourth-order valence-corrected chi connectivity index (χ4v) is 1.94. The third kappa shape index (κ3) is 3.68. The summed E-state index contributed by atoms with van der Waals surface area (Å²) in [6.45, 7) is 0. The molecule has 2 rings (SSSR count). The monoisotopic (exact) mass is 246 g/mol. The molecule has 0 spiro atoms. The van der Waals surface area contributed by atoms with Crippen molar-refractivity contribution >= 4 is 23.0 Å². The maximum Gasteiger partial charge on any atom is 0.105 e. The smallest absolute Gasteiger partial charge is 0.105 e. The number of hydrogen-bond acceptors (Lipinski definition) is 2. The van der Waals surface area contributed by atoms with Gasteiger partial charge in [0.15, 0.2) is 0 Å². The molecule has 0 saturated carbocycles. The average Bonchev–Trinajstić information content (AvgIpc) is 2.33. The lowest BCUT2D eigenvalue weighted by Crippen LogP contribution is -2.15. The van der Waals surface area contributed by atoms with E-state index in [1.165, 1.54) is 5.56 Å². The summed E-state index contributed by atoms with van der Waals surface area (Å²) < 4.78 is 0. The Kier molecular flexibility index (Phi) is 3.89. The number of halogens is 1. The molecular formula is C14H15ClN2. The molecule has 0 fully saturated rings. The van der Waals surface area contributed by atoms with Gasteiger partial charge >= 0.3 is 0 Å². The van der Waals surface area contributed by atoms with Crippen LogP contribution >= 0.6 is 11.6 Å². The van der Waals surface area contributed by atoms with Crippen molar-refractivity contribution in [2.45, 2.75) is 11.9 Å². The van der Waals surface area contributed by atoms with Crippen LogP contribution in [0, 0.1) is 0 Å². The fourth-order valence-electron chi connectivity index (χ4n) is 1.63. The molecule has 0 radical (unpaired) electrons. The van der Waals surface area contributed by atoms with Crippen LogP contribution in [0.1, 0.15) is 5.56 Å². The molecule has 2 aromatic rings. The van der Waals surface area contributed by atoms with Crippen LogP contribution in [-0.4, -0.2) is 5.50 Å². The second kappa shape index (κ2) is 5.60. The number of hydrogen-bond donors (Lipinski definition) is 2. The summed E-state index contributed by atoms with van der Waals surface area (Å²) in [5.74, 6) is 0. The first-order valence-corrected chi connectivity index (χ1v) is 5.98. The minimum absolute atomic E-state index is 0.124. The van der Waals surface area contributed by atoms with E-state index in [-0.39, 0.29) is 5.50 Å². The SMILES string of the molecule is Nc1ccc(NC(Cl)Cc2ccccc2)cc1. The highest BCUT2D eigenvalue weighted by Gasteiger charge is 2.05. The summed E-state index contributed by atoms with van der Waals surface area (Å²) in [5, 5.41) is 3.23. The Hall–Kier alpha value is -1.67. The number of anilines is 2. The Morgan fingerprint density at radius 3 is 2.29 bits per heavy atom.